The first-order valence-electron chi connectivity index (χ1n) is 5.20. The zero-order valence-electron chi connectivity index (χ0n) is 9.07. The van der Waals surface area contributed by atoms with E-state index in [1.54, 1.807) is 12.1 Å². The zero-order chi connectivity index (χ0) is 11.2. The molecule has 0 heterocycles. The summed E-state index contributed by atoms with van der Waals surface area (Å²) in [6.07, 6.45) is 0. The first-order chi connectivity index (χ1) is 6.98. The lowest BCUT2D eigenvalue weighted by molar-refractivity contribution is 0.443. The Balaban J connectivity index is 2.33. The average Bonchev–Trinajstić information content (AvgIpc) is 2.68. The van der Waals surface area contributed by atoms with Crippen LogP contribution in [0.4, 0.5) is 0 Å². The van der Waals surface area contributed by atoms with Crippen LogP contribution in [-0.2, 0) is 0 Å². The van der Waals surface area contributed by atoms with E-state index in [-0.39, 0.29) is 16.9 Å². The highest BCUT2D eigenvalue weighted by atomic mass is 16.3. The predicted octanol–water partition coefficient (Wildman–Crippen LogP) is 1.80. The predicted molar refractivity (Wildman–Crippen MR) is 58.8 cm³/mol. The van der Waals surface area contributed by atoms with Crippen molar-refractivity contribution < 1.29 is 10.2 Å². The van der Waals surface area contributed by atoms with Crippen molar-refractivity contribution in [2.45, 2.75) is 19.8 Å². The highest BCUT2D eigenvalue weighted by molar-refractivity contribution is 5.45. The number of phenolic OH excluding ortho intramolecular Hbond substituents is 2. The SMILES string of the molecule is CC1(C)C(CN)C1c1ccc(O)cc1O. The second-order valence-electron chi connectivity index (χ2n) is 4.88. The van der Waals surface area contributed by atoms with Crippen LogP contribution in [0.25, 0.3) is 0 Å². The molecule has 0 spiro atoms. The molecule has 15 heavy (non-hydrogen) atoms. The van der Waals surface area contributed by atoms with Crippen LogP contribution in [0.2, 0.25) is 0 Å². The van der Waals surface area contributed by atoms with Gasteiger partial charge in [0.05, 0.1) is 0 Å². The number of benzene rings is 1. The fourth-order valence-electron chi connectivity index (χ4n) is 2.60. The van der Waals surface area contributed by atoms with Gasteiger partial charge in [0.25, 0.3) is 0 Å². The second-order valence-corrected chi connectivity index (χ2v) is 4.88. The quantitative estimate of drug-likeness (QED) is 0.692. The lowest BCUT2D eigenvalue weighted by Gasteiger charge is -2.06. The van der Waals surface area contributed by atoms with Crippen LogP contribution in [0, 0.1) is 11.3 Å². The number of hydrogen-bond acceptors (Lipinski definition) is 3. The molecule has 1 aliphatic carbocycles. The lowest BCUT2D eigenvalue weighted by atomic mass is 10.0. The van der Waals surface area contributed by atoms with Crippen LogP contribution in [0.15, 0.2) is 18.2 Å². The standard InChI is InChI=1S/C12H17NO2/c1-12(2)9(6-13)11(12)8-4-3-7(14)5-10(8)15/h3-5,9,11,14-15H,6,13H2,1-2H3. The Labute approximate surface area is 89.5 Å². The molecule has 4 N–H and O–H groups in total. The molecule has 2 atom stereocenters. The zero-order valence-corrected chi connectivity index (χ0v) is 9.07. The molecule has 0 radical (unpaired) electrons. The molecule has 0 aromatic heterocycles. The van der Waals surface area contributed by atoms with Crippen molar-refractivity contribution in [2.75, 3.05) is 6.54 Å². The van der Waals surface area contributed by atoms with Crippen molar-refractivity contribution >= 4 is 0 Å². The molecule has 0 saturated heterocycles. The fourth-order valence-corrected chi connectivity index (χ4v) is 2.60. The minimum atomic E-state index is 0.0963. The monoisotopic (exact) mass is 207 g/mol. The maximum absolute atomic E-state index is 9.75. The summed E-state index contributed by atoms with van der Waals surface area (Å²) in [5.74, 6) is 0.999. The van der Waals surface area contributed by atoms with Crippen LogP contribution in [0.5, 0.6) is 11.5 Å². The summed E-state index contributed by atoms with van der Waals surface area (Å²) in [6.45, 7) is 4.95. The third-order valence-electron chi connectivity index (χ3n) is 3.65. The normalized spacial score (nSPS) is 27.7. The van der Waals surface area contributed by atoms with E-state index in [2.05, 4.69) is 13.8 Å². The van der Waals surface area contributed by atoms with E-state index in [0.29, 0.717) is 18.4 Å². The molecular weight excluding hydrogens is 190 g/mol. The summed E-state index contributed by atoms with van der Waals surface area (Å²) in [4.78, 5) is 0. The van der Waals surface area contributed by atoms with Crippen molar-refractivity contribution in [3.8, 4) is 11.5 Å². The molecule has 1 aliphatic rings. The molecule has 0 amide bonds. The number of aromatic hydroxyl groups is 2. The van der Waals surface area contributed by atoms with Crippen molar-refractivity contribution in [2.24, 2.45) is 17.1 Å². The molecule has 2 unspecified atom stereocenters. The molecule has 0 bridgehead atoms. The van der Waals surface area contributed by atoms with E-state index < -0.39 is 0 Å². The molecular formula is C12H17NO2. The smallest absolute Gasteiger partial charge is 0.122 e. The van der Waals surface area contributed by atoms with Gasteiger partial charge >= 0.3 is 0 Å². The number of nitrogens with two attached hydrogens (primary N) is 1. The average molecular weight is 207 g/mol. The van der Waals surface area contributed by atoms with E-state index in [4.69, 9.17) is 5.73 Å². The Hall–Kier alpha value is -1.22. The molecule has 0 aliphatic heterocycles. The molecule has 2 rings (SSSR count). The second kappa shape index (κ2) is 3.14. The largest absolute Gasteiger partial charge is 0.508 e. The van der Waals surface area contributed by atoms with E-state index >= 15 is 0 Å². The maximum Gasteiger partial charge on any atom is 0.122 e. The van der Waals surface area contributed by atoms with Crippen molar-refractivity contribution in [1.29, 1.82) is 0 Å². The third-order valence-corrected chi connectivity index (χ3v) is 3.65. The molecule has 1 saturated carbocycles. The number of phenols is 2. The van der Waals surface area contributed by atoms with Gasteiger partial charge in [-0.25, -0.2) is 0 Å². The van der Waals surface area contributed by atoms with Crippen LogP contribution in [0.3, 0.4) is 0 Å². The Bertz CT molecular complexity index is 387. The molecule has 1 fully saturated rings. The topological polar surface area (TPSA) is 66.5 Å². The van der Waals surface area contributed by atoms with Gasteiger partial charge in [-0.15, -0.1) is 0 Å². The maximum atomic E-state index is 9.75. The van der Waals surface area contributed by atoms with Gasteiger partial charge in [-0.3, -0.25) is 0 Å². The van der Waals surface area contributed by atoms with E-state index in [9.17, 15) is 10.2 Å². The first kappa shape index (κ1) is 10.3. The van der Waals surface area contributed by atoms with Gasteiger partial charge in [0.15, 0.2) is 0 Å². The van der Waals surface area contributed by atoms with Gasteiger partial charge in [0.1, 0.15) is 11.5 Å². The van der Waals surface area contributed by atoms with Crippen LogP contribution in [0.1, 0.15) is 25.3 Å². The van der Waals surface area contributed by atoms with E-state index in [1.165, 1.54) is 6.07 Å². The summed E-state index contributed by atoms with van der Waals surface area (Å²) >= 11 is 0. The summed E-state index contributed by atoms with van der Waals surface area (Å²) in [6, 6.07) is 4.78. The minimum Gasteiger partial charge on any atom is -0.508 e. The van der Waals surface area contributed by atoms with E-state index in [1.807, 2.05) is 0 Å². The molecule has 1 aromatic carbocycles. The van der Waals surface area contributed by atoms with Gasteiger partial charge < -0.3 is 15.9 Å². The molecule has 82 valence electrons. The van der Waals surface area contributed by atoms with Crippen molar-refractivity contribution in [1.82, 2.24) is 0 Å². The molecule has 3 nitrogen and oxygen atoms in total. The van der Waals surface area contributed by atoms with E-state index in [0.717, 1.165) is 5.56 Å². The summed E-state index contributed by atoms with van der Waals surface area (Å²) in [5.41, 5.74) is 6.74. The molecule has 1 aromatic rings. The van der Waals surface area contributed by atoms with Gasteiger partial charge in [-0.1, -0.05) is 19.9 Å². The Morgan fingerprint density at radius 2 is 2.00 bits per heavy atom. The van der Waals surface area contributed by atoms with Crippen molar-refractivity contribution in [3.63, 3.8) is 0 Å². The fraction of sp³-hybridized carbons (Fsp3) is 0.500. The number of rotatable bonds is 2. The van der Waals surface area contributed by atoms with Crippen LogP contribution < -0.4 is 5.73 Å². The third kappa shape index (κ3) is 1.47. The summed E-state index contributed by atoms with van der Waals surface area (Å²) in [5, 5.41) is 19.0. The Morgan fingerprint density at radius 1 is 1.33 bits per heavy atom. The number of hydrogen-bond donors (Lipinski definition) is 3. The lowest BCUT2D eigenvalue weighted by Crippen LogP contribution is -2.05. The van der Waals surface area contributed by atoms with Gasteiger partial charge in [0, 0.05) is 6.07 Å². The molecule has 3 heteroatoms. The Morgan fingerprint density at radius 3 is 2.47 bits per heavy atom. The van der Waals surface area contributed by atoms with Crippen LogP contribution in [-0.4, -0.2) is 16.8 Å². The summed E-state index contributed by atoms with van der Waals surface area (Å²) in [7, 11) is 0. The minimum absolute atomic E-state index is 0.0963. The highest BCUT2D eigenvalue weighted by Crippen LogP contribution is 2.65. The summed E-state index contributed by atoms with van der Waals surface area (Å²) < 4.78 is 0. The first-order valence-corrected chi connectivity index (χ1v) is 5.20. The van der Waals surface area contributed by atoms with Gasteiger partial charge in [-0.05, 0) is 35.4 Å². The van der Waals surface area contributed by atoms with Crippen LogP contribution >= 0.6 is 0 Å². The van der Waals surface area contributed by atoms with Gasteiger partial charge in [0.2, 0.25) is 0 Å². The Kier molecular flexibility index (Phi) is 2.15. The van der Waals surface area contributed by atoms with Gasteiger partial charge in [-0.2, -0.15) is 0 Å². The highest BCUT2D eigenvalue weighted by Gasteiger charge is 2.57. The van der Waals surface area contributed by atoms with Crippen molar-refractivity contribution in [3.05, 3.63) is 23.8 Å².